The summed E-state index contributed by atoms with van der Waals surface area (Å²) in [6.07, 6.45) is 8.87. The van der Waals surface area contributed by atoms with Crippen LogP contribution in [-0.2, 0) is 15.6 Å². The van der Waals surface area contributed by atoms with Crippen molar-refractivity contribution in [2.45, 2.75) is 123 Å². The van der Waals surface area contributed by atoms with Crippen LogP contribution in [0.4, 0.5) is 0 Å². The fraction of sp³-hybridized carbons (Fsp3) is 0.742. The van der Waals surface area contributed by atoms with Crippen LogP contribution in [-0.4, -0.2) is 45.4 Å². The van der Waals surface area contributed by atoms with Gasteiger partial charge in [0.25, 0.3) is 0 Å². The summed E-state index contributed by atoms with van der Waals surface area (Å²) in [7, 11) is 1.73. The minimum Gasteiger partial charge on any atom is -0.396 e. The van der Waals surface area contributed by atoms with Gasteiger partial charge in [0.1, 0.15) is 0 Å². The van der Waals surface area contributed by atoms with E-state index in [9.17, 15) is 0 Å². The van der Waals surface area contributed by atoms with Crippen molar-refractivity contribution >= 4 is 0 Å². The van der Waals surface area contributed by atoms with Crippen LogP contribution in [0.25, 0.3) is 0 Å². The van der Waals surface area contributed by atoms with Gasteiger partial charge in [-0.25, -0.2) is 0 Å². The zero-order valence-corrected chi connectivity index (χ0v) is 24.4. The SMILES string of the molecule is C.C.C.CC(C)(C)CO.CC(C)(C)c1cnccn1.COCC(C)(C)C.Cc1cnc(C(C)(C)C)cn1. The van der Waals surface area contributed by atoms with Crippen LogP contribution in [0.5, 0.6) is 0 Å². The fourth-order valence-corrected chi connectivity index (χ4v) is 1.90. The van der Waals surface area contributed by atoms with Gasteiger partial charge in [-0.15, -0.1) is 0 Å². The van der Waals surface area contributed by atoms with Crippen LogP contribution in [0.3, 0.4) is 0 Å². The average molecular weight is 525 g/mol. The van der Waals surface area contributed by atoms with E-state index in [1.807, 2.05) is 33.9 Å². The monoisotopic (exact) mass is 525 g/mol. The van der Waals surface area contributed by atoms with Crippen LogP contribution in [0, 0.1) is 17.8 Å². The highest BCUT2D eigenvalue weighted by Gasteiger charge is 2.15. The maximum atomic E-state index is 8.40. The van der Waals surface area contributed by atoms with Gasteiger partial charge in [-0.05, 0) is 17.8 Å². The van der Waals surface area contributed by atoms with Crippen molar-refractivity contribution in [1.82, 2.24) is 19.9 Å². The summed E-state index contributed by atoms with van der Waals surface area (Å²) >= 11 is 0. The second-order valence-corrected chi connectivity index (χ2v) is 12.8. The first kappa shape index (κ1) is 45.0. The lowest BCUT2D eigenvalue weighted by molar-refractivity contribution is 0.116. The first-order chi connectivity index (χ1) is 15.2. The minimum atomic E-state index is 0. The molecule has 0 aromatic carbocycles. The summed E-state index contributed by atoms with van der Waals surface area (Å²) < 4.78 is 4.91. The molecule has 220 valence electrons. The number of nitrogens with zero attached hydrogens (tertiary/aromatic N) is 4. The molecule has 2 rings (SSSR count). The number of aliphatic hydroxyl groups is 1. The van der Waals surface area contributed by atoms with Crippen LogP contribution in [0.1, 0.15) is 122 Å². The van der Waals surface area contributed by atoms with E-state index in [-0.39, 0.29) is 45.1 Å². The number of aryl methyl sites for hydroxylation is 1. The van der Waals surface area contributed by atoms with Crippen LogP contribution in [0.2, 0.25) is 0 Å². The summed E-state index contributed by atoms with van der Waals surface area (Å²) in [5.74, 6) is 0. The highest BCUT2D eigenvalue weighted by atomic mass is 16.5. The number of rotatable bonds is 1. The normalized spacial score (nSPS) is 10.8. The van der Waals surface area contributed by atoms with E-state index in [1.54, 1.807) is 31.9 Å². The molecule has 0 aliphatic rings. The zero-order chi connectivity index (χ0) is 27.2. The van der Waals surface area contributed by atoms with Gasteiger partial charge in [-0.2, -0.15) is 0 Å². The Morgan fingerprint density at radius 1 is 0.649 bits per heavy atom. The Balaban J connectivity index is -0.000000123. The van der Waals surface area contributed by atoms with E-state index in [0.29, 0.717) is 5.41 Å². The highest BCUT2D eigenvalue weighted by molar-refractivity contribution is 5.10. The average Bonchev–Trinajstić information content (AvgIpc) is 2.68. The number of ether oxygens (including phenoxy) is 1. The molecule has 0 amide bonds. The topological polar surface area (TPSA) is 81.0 Å². The lowest BCUT2D eigenvalue weighted by atomic mass is 9.93. The predicted octanol–water partition coefficient (Wildman–Crippen LogP) is 8.47. The molecule has 0 spiro atoms. The number of hydrogen-bond donors (Lipinski definition) is 1. The van der Waals surface area contributed by atoms with Crippen LogP contribution >= 0.6 is 0 Å². The third-order valence-electron chi connectivity index (χ3n) is 3.93. The molecule has 0 atom stereocenters. The molecule has 0 radical (unpaired) electrons. The Bertz CT molecular complexity index is 750. The molecular formula is C31H64N4O2. The molecule has 2 aromatic heterocycles. The second-order valence-electron chi connectivity index (χ2n) is 12.8. The standard InChI is InChI=1S/C9H14N2.C8H12N2.C6H14O.C5H12O.3CH4/c1-7-5-11-8(6-10-7)9(2,3)4;1-8(2,3)7-6-9-4-5-10-7;1-6(2,3)5-7-4;1-5(2,3)4-6;;;/h5-6H,1-4H3;4-6H,1-3H3;5H2,1-4H3;6H,4H2,1-3H3;3*1H4. The van der Waals surface area contributed by atoms with Crippen molar-refractivity contribution in [1.29, 1.82) is 0 Å². The van der Waals surface area contributed by atoms with E-state index in [2.05, 4.69) is 82.2 Å². The Morgan fingerprint density at radius 3 is 1.27 bits per heavy atom. The van der Waals surface area contributed by atoms with E-state index in [1.165, 1.54) is 0 Å². The van der Waals surface area contributed by atoms with Gasteiger partial charge < -0.3 is 9.84 Å². The Morgan fingerprint density at radius 2 is 1.08 bits per heavy atom. The largest absolute Gasteiger partial charge is 0.396 e. The lowest BCUT2D eigenvalue weighted by Crippen LogP contribution is -2.13. The Kier molecular flexibility index (Phi) is 24.5. The maximum absolute atomic E-state index is 8.40. The van der Waals surface area contributed by atoms with Crippen molar-refractivity contribution in [2.75, 3.05) is 20.3 Å². The summed E-state index contributed by atoms with van der Waals surface area (Å²) in [6.45, 7) is 28.2. The first-order valence-corrected chi connectivity index (χ1v) is 11.9. The van der Waals surface area contributed by atoms with Crippen molar-refractivity contribution in [2.24, 2.45) is 10.8 Å². The number of hydrogen-bond acceptors (Lipinski definition) is 6. The smallest absolute Gasteiger partial charge is 0.0640 e. The fourth-order valence-electron chi connectivity index (χ4n) is 1.90. The van der Waals surface area contributed by atoms with Crippen molar-refractivity contribution < 1.29 is 9.84 Å². The van der Waals surface area contributed by atoms with Gasteiger partial charge in [0.2, 0.25) is 0 Å². The van der Waals surface area contributed by atoms with E-state index in [4.69, 9.17) is 9.84 Å². The number of methoxy groups -OCH3 is 1. The van der Waals surface area contributed by atoms with Gasteiger partial charge >= 0.3 is 0 Å². The number of aromatic nitrogens is 4. The highest BCUT2D eigenvalue weighted by Crippen LogP contribution is 2.18. The molecule has 2 heterocycles. The van der Waals surface area contributed by atoms with E-state index in [0.717, 1.165) is 23.7 Å². The first-order valence-electron chi connectivity index (χ1n) is 11.9. The van der Waals surface area contributed by atoms with Crippen LogP contribution < -0.4 is 0 Å². The summed E-state index contributed by atoms with van der Waals surface area (Å²) in [5.41, 5.74) is 3.71. The van der Waals surface area contributed by atoms with E-state index < -0.39 is 0 Å². The molecule has 6 nitrogen and oxygen atoms in total. The third kappa shape index (κ3) is 28.5. The third-order valence-corrected chi connectivity index (χ3v) is 3.93. The van der Waals surface area contributed by atoms with Gasteiger partial charge in [-0.3, -0.25) is 19.9 Å². The molecule has 0 saturated carbocycles. The molecule has 1 N–H and O–H groups in total. The zero-order valence-electron chi connectivity index (χ0n) is 24.4. The molecule has 0 unspecified atom stereocenters. The molecule has 0 bridgehead atoms. The Labute approximate surface area is 232 Å². The molecule has 0 fully saturated rings. The van der Waals surface area contributed by atoms with Gasteiger partial charge in [-0.1, -0.05) is 105 Å². The summed E-state index contributed by atoms with van der Waals surface area (Å²) in [4.78, 5) is 16.6. The lowest BCUT2D eigenvalue weighted by Gasteiger charge is -2.16. The summed E-state index contributed by atoms with van der Waals surface area (Å²) in [6, 6.07) is 0. The molecule has 0 saturated heterocycles. The van der Waals surface area contributed by atoms with Crippen molar-refractivity contribution in [3.63, 3.8) is 0 Å². The van der Waals surface area contributed by atoms with Gasteiger partial charge in [0.15, 0.2) is 0 Å². The van der Waals surface area contributed by atoms with Crippen LogP contribution in [0.15, 0.2) is 31.0 Å². The summed E-state index contributed by atoms with van der Waals surface area (Å²) in [5, 5.41) is 8.40. The molecule has 2 aromatic rings. The van der Waals surface area contributed by atoms with Gasteiger partial charge in [0.05, 0.1) is 23.7 Å². The molecule has 0 aliphatic heterocycles. The second kappa shape index (κ2) is 20.1. The maximum Gasteiger partial charge on any atom is 0.0640 e. The molecule has 0 aliphatic carbocycles. The number of aliphatic hydroxyl groups excluding tert-OH is 1. The molecule has 6 heteroatoms. The van der Waals surface area contributed by atoms with Gasteiger partial charge in [0, 0.05) is 55.5 Å². The van der Waals surface area contributed by atoms with E-state index >= 15 is 0 Å². The predicted molar refractivity (Wildman–Crippen MR) is 164 cm³/mol. The van der Waals surface area contributed by atoms with Crippen molar-refractivity contribution in [3.8, 4) is 0 Å². The molecule has 37 heavy (non-hydrogen) atoms. The van der Waals surface area contributed by atoms with Crippen molar-refractivity contribution in [3.05, 3.63) is 48.1 Å². The Hall–Kier alpha value is -1.92. The minimum absolute atomic E-state index is 0. The quantitative estimate of drug-likeness (QED) is 0.403. The molecular weight excluding hydrogens is 460 g/mol.